The molecule has 0 spiro atoms. The van der Waals surface area contributed by atoms with Crippen LogP contribution in [0.2, 0.25) is 0 Å². The number of carbonyl (C=O) groups is 1. The number of unbranched alkanes of at least 4 members (excludes halogenated alkanes) is 1. The molecule has 1 aromatic carbocycles. The standard InChI is InChI=1S/C14H20N2O2/c17-8-2-1-7-15-10-11-3-5-13-12(9-11)4-6-14(18)16-13/h3,5,9,15,17H,1-2,4,6-8,10H2,(H,16,18). The predicted octanol–water partition coefficient (Wildman–Crippen LogP) is 1.43. The average molecular weight is 248 g/mol. The summed E-state index contributed by atoms with van der Waals surface area (Å²) in [4.78, 5) is 11.2. The van der Waals surface area contributed by atoms with E-state index in [1.54, 1.807) is 0 Å². The number of aryl methyl sites for hydroxylation is 1. The van der Waals surface area contributed by atoms with E-state index in [9.17, 15) is 4.79 Å². The zero-order chi connectivity index (χ0) is 12.8. The molecular formula is C14H20N2O2. The van der Waals surface area contributed by atoms with E-state index in [4.69, 9.17) is 5.11 Å². The van der Waals surface area contributed by atoms with Crippen LogP contribution in [0.3, 0.4) is 0 Å². The van der Waals surface area contributed by atoms with Crippen LogP contribution in [0.5, 0.6) is 0 Å². The summed E-state index contributed by atoms with van der Waals surface area (Å²) >= 11 is 0. The van der Waals surface area contributed by atoms with Crippen LogP contribution in [0.15, 0.2) is 18.2 Å². The summed E-state index contributed by atoms with van der Waals surface area (Å²) in [7, 11) is 0. The molecule has 0 saturated heterocycles. The molecule has 4 heteroatoms. The zero-order valence-corrected chi connectivity index (χ0v) is 10.5. The number of rotatable bonds is 6. The minimum atomic E-state index is 0.109. The molecule has 18 heavy (non-hydrogen) atoms. The molecule has 1 heterocycles. The molecule has 1 amide bonds. The molecular weight excluding hydrogens is 228 g/mol. The summed E-state index contributed by atoms with van der Waals surface area (Å²) in [6.45, 7) is 2.03. The van der Waals surface area contributed by atoms with Gasteiger partial charge in [0.2, 0.25) is 5.91 Å². The van der Waals surface area contributed by atoms with Crippen LogP contribution in [0, 0.1) is 0 Å². The van der Waals surface area contributed by atoms with Crippen LogP contribution in [0.1, 0.15) is 30.4 Å². The van der Waals surface area contributed by atoms with Gasteiger partial charge in [0.25, 0.3) is 0 Å². The molecule has 2 rings (SSSR count). The number of amides is 1. The lowest BCUT2D eigenvalue weighted by Gasteiger charge is -2.17. The van der Waals surface area contributed by atoms with Crippen molar-refractivity contribution in [1.29, 1.82) is 0 Å². The molecule has 98 valence electrons. The first-order valence-electron chi connectivity index (χ1n) is 6.53. The first kappa shape index (κ1) is 13.1. The van der Waals surface area contributed by atoms with Crippen molar-refractivity contribution in [2.75, 3.05) is 18.5 Å². The van der Waals surface area contributed by atoms with Crippen LogP contribution >= 0.6 is 0 Å². The molecule has 0 bridgehead atoms. The fraction of sp³-hybridized carbons (Fsp3) is 0.500. The van der Waals surface area contributed by atoms with Gasteiger partial charge in [0.05, 0.1) is 0 Å². The Labute approximate surface area is 107 Å². The average Bonchev–Trinajstić information content (AvgIpc) is 2.38. The monoisotopic (exact) mass is 248 g/mol. The van der Waals surface area contributed by atoms with Crippen molar-refractivity contribution >= 4 is 11.6 Å². The number of aliphatic hydroxyl groups is 1. The van der Waals surface area contributed by atoms with Crippen molar-refractivity contribution in [3.8, 4) is 0 Å². The Balaban J connectivity index is 1.85. The third-order valence-electron chi connectivity index (χ3n) is 3.16. The van der Waals surface area contributed by atoms with E-state index in [-0.39, 0.29) is 12.5 Å². The smallest absolute Gasteiger partial charge is 0.224 e. The van der Waals surface area contributed by atoms with Crippen molar-refractivity contribution in [2.24, 2.45) is 0 Å². The van der Waals surface area contributed by atoms with Gasteiger partial charge in [0.1, 0.15) is 0 Å². The molecule has 0 unspecified atom stereocenters. The Kier molecular flexibility index (Phi) is 4.73. The minimum Gasteiger partial charge on any atom is -0.396 e. The largest absolute Gasteiger partial charge is 0.396 e. The highest BCUT2D eigenvalue weighted by Gasteiger charge is 2.14. The van der Waals surface area contributed by atoms with Crippen LogP contribution in [-0.4, -0.2) is 24.2 Å². The maximum Gasteiger partial charge on any atom is 0.224 e. The molecule has 0 aliphatic carbocycles. The third kappa shape index (κ3) is 3.55. The van der Waals surface area contributed by atoms with E-state index in [0.29, 0.717) is 6.42 Å². The van der Waals surface area contributed by atoms with Gasteiger partial charge in [-0.15, -0.1) is 0 Å². The fourth-order valence-electron chi connectivity index (χ4n) is 2.14. The maximum absolute atomic E-state index is 11.2. The van der Waals surface area contributed by atoms with Gasteiger partial charge in [0, 0.05) is 25.3 Å². The first-order chi connectivity index (χ1) is 8.79. The van der Waals surface area contributed by atoms with E-state index < -0.39 is 0 Å². The number of fused-ring (bicyclic) bond motifs is 1. The van der Waals surface area contributed by atoms with E-state index in [1.807, 2.05) is 12.1 Å². The molecule has 1 aliphatic rings. The van der Waals surface area contributed by atoms with Crippen molar-refractivity contribution in [3.05, 3.63) is 29.3 Å². The highest BCUT2D eigenvalue weighted by atomic mass is 16.2. The van der Waals surface area contributed by atoms with Crippen molar-refractivity contribution in [2.45, 2.75) is 32.2 Å². The third-order valence-corrected chi connectivity index (χ3v) is 3.16. The molecule has 1 aromatic rings. The van der Waals surface area contributed by atoms with Gasteiger partial charge in [-0.1, -0.05) is 12.1 Å². The van der Waals surface area contributed by atoms with Gasteiger partial charge < -0.3 is 15.7 Å². The summed E-state index contributed by atoms with van der Waals surface area (Å²) < 4.78 is 0. The van der Waals surface area contributed by atoms with Crippen LogP contribution in [-0.2, 0) is 17.8 Å². The van der Waals surface area contributed by atoms with E-state index >= 15 is 0 Å². The minimum absolute atomic E-state index is 0.109. The number of anilines is 1. The number of carbonyl (C=O) groups excluding carboxylic acids is 1. The Morgan fingerprint density at radius 2 is 2.17 bits per heavy atom. The molecule has 3 N–H and O–H groups in total. The van der Waals surface area contributed by atoms with Crippen LogP contribution in [0.4, 0.5) is 5.69 Å². The van der Waals surface area contributed by atoms with E-state index in [0.717, 1.165) is 38.0 Å². The first-order valence-corrected chi connectivity index (χ1v) is 6.53. The number of aliphatic hydroxyl groups excluding tert-OH is 1. The summed E-state index contributed by atoms with van der Waals surface area (Å²) in [5.74, 6) is 0.109. The maximum atomic E-state index is 11.2. The highest BCUT2D eigenvalue weighted by molar-refractivity contribution is 5.93. The summed E-state index contributed by atoms with van der Waals surface area (Å²) in [5, 5.41) is 14.9. The summed E-state index contributed by atoms with van der Waals surface area (Å²) in [6, 6.07) is 6.19. The van der Waals surface area contributed by atoms with Gasteiger partial charge in [-0.2, -0.15) is 0 Å². The van der Waals surface area contributed by atoms with Crippen molar-refractivity contribution in [1.82, 2.24) is 5.32 Å². The SMILES string of the molecule is O=C1CCc2cc(CNCCCCO)ccc2N1. The molecule has 0 saturated carbocycles. The van der Waals surface area contributed by atoms with Crippen molar-refractivity contribution in [3.63, 3.8) is 0 Å². The van der Waals surface area contributed by atoms with E-state index in [1.165, 1.54) is 11.1 Å². The highest BCUT2D eigenvalue weighted by Crippen LogP contribution is 2.23. The normalized spacial score (nSPS) is 14.2. The van der Waals surface area contributed by atoms with E-state index in [2.05, 4.69) is 16.7 Å². The summed E-state index contributed by atoms with van der Waals surface area (Å²) in [6.07, 6.45) is 3.26. The number of nitrogens with one attached hydrogen (secondary N) is 2. The zero-order valence-electron chi connectivity index (χ0n) is 10.5. The van der Waals surface area contributed by atoms with Gasteiger partial charge in [-0.3, -0.25) is 4.79 Å². The Morgan fingerprint density at radius 1 is 1.28 bits per heavy atom. The Hall–Kier alpha value is -1.39. The second kappa shape index (κ2) is 6.52. The summed E-state index contributed by atoms with van der Waals surface area (Å²) in [5.41, 5.74) is 3.42. The quantitative estimate of drug-likeness (QED) is 0.667. The lowest BCUT2D eigenvalue weighted by atomic mass is 10.0. The molecule has 0 aromatic heterocycles. The van der Waals surface area contributed by atoms with Gasteiger partial charge in [-0.25, -0.2) is 0 Å². The predicted molar refractivity (Wildman–Crippen MR) is 71.4 cm³/mol. The number of hydrogen-bond acceptors (Lipinski definition) is 3. The molecule has 1 aliphatic heterocycles. The topological polar surface area (TPSA) is 61.4 Å². The molecule has 0 fully saturated rings. The Morgan fingerprint density at radius 3 is 3.00 bits per heavy atom. The van der Waals surface area contributed by atoms with Crippen molar-refractivity contribution < 1.29 is 9.90 Å². The Bertz CT molecular complexity index is 418. The molecule has 0 atom stereocenters. The molecule has 0 radical (unpaired) electrons. The second-order valence-corrected chi connectivity index (χ2v) is 4.65. The van der Waals surface area contributed by atoms with Gasteiger partial charge in [-0.05, 0) is 43.0 Å². The van der Waals surface area contributed by atoms with Gasteiger partial charge in [0.15, 0.2) is 0 Å². The number of hydrogen-bond donors (Lipinski definition) is 3. The van der Waals surface area contributed by atoms with Crippen LogP contribution < -0.4 is 10.6 Å². The molecule has 4 nitrogen and oxygen atoms in total. The number of benzene rings is 1. The second-order valence-electron chi connectivity index (χ2n) is 4.65. The lowest BCUT2D eigenvalue weighted by Crippen LogP contribution is -2.20. The van der Waals surface area contributed by atoms with Crippen LogP contribution in [0.25, 0.3) is 0 Å². The lowest BCUT2D eigenvalue weighted by molar-refractivity contribution is -0.116. The van der Waals surface area contributed by atoms with Gasteiger partial charge >= 0.3 is 0 Å². The fourth-order valence-corrected chi connectivity index (χ4v) is 2.14.